The van der Waals surface area contributed by atoms with Crippen LogP contribution in [-0.4, -0.2) is 40.1 Å². The molecule has 0 aliphatic carbocycles. The smallest absolute Gasteiger partial charge is 0.246 e. The van der Waals surface area contributed by atoms with Crippen LogP contribution in [0.5, 0.6) is 0 Å². The van der Waals surface area contributed by atoms with Gasteiger partial charge in [-0.25, -0.2) is 9.37 Å². The van der Waals surface area contributed by atoms with E-state index < -0.39 is 17.3 Å². The highest BCUT2D eigenvalue weighted by Crippen LogP contribution is 2.35. The number of hydrogen-bond donors (Lipinski definition) is 1. The number of amides is 2. The minimum Gasteiger partial charge on any atom is -0.344 e. The van der Waals surface area contributed by atoms with Crippen LogP contribution in [0.4, 0.5) is 4.39 Å². The molecule has 0 radical (unpaired) electrons. The molecule has 0 saturated carbocycles. The fraction of sp³-hybridized carbons (Fsp3) is 0.556. The molecule has 1 aromatic carbocycles. The maximum atomic E-state index is 13.8. The fourth-order valence-corrected chi connectivity index (χ4v) is 4.91. The van der Waals surface area contributed by atoms with Crippen LogP contribution < -0.4 is 5.32 Å². The molecule has 1 aliphatic rings. The summed E-state index contributed by atoms with van der Waals surface area (Å²) in [4.78, 5) is 45.9. The van der Waals surface area contributed by atoms with E-state index in [0.717, 1.165) is 12.8 Å². The summed E-state index contributed by atoms with van der Waals surface area (Å²) in [5.41, 5.74) is 0.340. The molecule has 35 heavy (non-hydrogen) atoms. The highest BCUT2D eigenvalue weighted by Gasteiger charge is 2.42. The van der Waals surface area contributed by atoms with Gasteiger partial charge in [-0.2, -0.15) is 0 Å². The van der Waals surface area contributed by atoms with Crippen LogP contribution in [0.3, 0.4) is 0 Å². The Hall–Kier alpha value is -2.61. The summed E-state index contributed by atoms with van der Waals surface area (Å²) in [5.74, 6) is -1.20. The van der Waals surface area contributed by atoms with Crippen molar-refractivity contribution in [3.8, 4) is 0 Å². The normalized spacial score (nSPS) is 18.3. The van der Waals surface area contributed by atoms with Gasteiger partial charge in [0, 0.05) is 23.4 Å². The molecule has 0 bridgehead atoms. The van der Waals surface area contributed by atoms with Gasteiger partial charge >= 0.3 is 0 Å². The van der Waals surface area contributed by atoms with Crippen LogP contribution in [0.25, 0.3) is 0 Å². The molecule has 6 nitrogen and oxygen atoms in total. The Morgan fingerprint density at radius 2 is 1.71 bits per heavy atom. The van der Waals surface area contributed by atoms with Gasteiger partial charge < -0.3 is 10.2 Å². The minimum atomic E-state index is -0.681. The molecule has 8 heteroatoms. The molecule has 1 N–H and O–H groups in total. The third kappa shape index (κ3) is 6.15. The summed E-state index contributed by atoms with van der Waals surface area (Å²) in [7, 11) is 0. The van der Waals surface area contributed by atoms with E-state index in [-0.39, 0.29) is 35.0 Å². The van der Waals surface area contributed by atoms with Crippen LogP contribution in [0, 0.1) is 22.6 Å². The largest absolute Gasteiger partial charge is 0.344 e. The van der Waals surface area contributed by atoms with Gasteiger partial charge in [-0.15, -0.1) is 11.3 Å². The van der Waals surface area contributed by atoms with E-state index in [2.05, 4.69) is 10.3 Å². The Bertz CT molecular complexity index is 1080. The number of rotatable bonds is 6. The monoisotopic (exact) mass is 501 g/mol. The summed E-state index contributed by atoms with van der Waals surface area (Å²) in [6.45, 7) is 14.3. The number of ketones is 1. The molecule has 1 aromatic heterocycles. The van der Waals surface area contributed by atoms with Gasteiger partial charge in [0.25, 0.3) is 0 Å². The molecule has 0 spiro atoms. The number of benzene rings is 1. The fourth-order valence-electron chi connectivity index (χ4n) is 4.08. The zero-order chi connectivity index (χ0) is 26.1. The van der Waals surface area contributed by atoms with Gasteiger partial charge in [-0.05, 0) is 47.9 Å². The van der Waals surface area contributed by atoms with Gasteiger partial charge in [-0.1, -0.05) is 48.5 Å². The first-order chi connectivity index (χ1) is 16.2. The van der Waals surface area contributed by atoms with Gasteiger partial charge in [0.2, 0.25) is 17.6 Å². The first-order valence-corrected chi connectivity index (χ1v) is 12.9. The Morgan fingerprint density at radius 1 is 1.09 bits per heavy atom. The summed E-state index contributed by atoms with van der Waals surface area (Å²) in [5, 5.41) is 5.16. The van der Waals surface area contributed by atoms with E-state index in [4.69, 9.17) is 0 Å². The molecular formula is C27H36FN3O3S. The molecule has 2 heterocycles. The number of nitrogens with one attached hydrogen (secondary N) is 1. The minimum absolute atomic E-state index is 0.131. The van der Waals surface area contributed by atoms with E-state index in [1.54, 1.807) is 4.90 Å². The molecular weight excluding hydrogens is 465 g/mol. The second-order valence-corrected chi connectivity index (χ2v) is 12.4. The van der Waals surface area contributed by atoms with Gasteiger partial charge in [-0.3, -0.25) is 14.4 Å². The SMILES string of the molecule is C[C@@H](C(=O)N[C@H](C(=O)N1CCC[C@H]1c1csc(C(=O)c2ccc(F)cc2)n1)C(C)(C)C)C(C)(C)C. The predicted octanol–water partition coefficient (Wildman–Crippen LogP) is 5.39. The maximum absolute atomic E-state index is 13.8. The lowest BCUT2D eigenvalue weighted by atomic mass is 9.80. The molecule has 3 rings (SSSR count). The van der Waals surface area contributed by atoms with Crippen LogP contribution >= 0.6 is 11.3 Å². The summed E-state index contributed by atoms with van der Waals surface area (Å²) >= 11 is 1.23. The molecule has 2 aromatic rings. The Kier molecular flexibility index (Phi) is 7.84. The summed E-state index contributed by atoms with van der Waals surface area (Å²) in [6.07, 6.45) is 1.56. The van der Waals surface area contributed by atoms with Crippen LogP contribution in [0.15, 0.2) is 29.6 Å². The van der Waals surface area contributed by atoms with Crippen LogP contribution in [-0.2, 0) is 9.59 Å². The number of nitrogens with zero attached hydrogens (tertiary/aromatic N) is 2. The molecule has 2 amide bonds. The standard InChI is InChI=1S/C27H36FN3O3S/c1-16(26(2,3)4)23(33)30-22(27(5,6)7)25(34)31-14-8-9-20(31)19-15-35-24(29-19)21(32)17-10-12-18(28)13-11-17/h10-13,15-16,20,22H,8-9,14H2,1-7H3,(H,30,33)/t16-,20-,22+/m0/s1. The number of aromatic nitrogens is 1. The van der Waals surface area contributed by atoms with Crippen molar-refractivity contribution in [2.45, 2.75) is 73.4 Å². The molecule has 190 valence electrons. The quantitative estimate of drug-likeness (QED) is 0.538. The number of carbonyl (C=O) groups is 3. The van der Waals surface area contributed by atoms with E-state index in [9.17, 15) is 18.8 Å². The maximum Gasteiger partial charge on any atom is 0.246 e. The zero-order valence-electron chi connectivity index (χ0n) is 21.6. The van der Waals surface area contributed by atoms with E-state index in [0.29, 0.717) is 22.8 Å². The number of likely N-dealkylation sites (tertiary alicyclic amines) is 1. The lowest BCUT2D eigenvalue weighted by Gasteiger charge is -2.37. The van der Waals surface area contributed by atoms with Crippen LogP contribution in [0.1, 0.15) is 88.4 Å². The topological polar surface area (TPSA) is 79.4 Å². The average Bonchev–Trinajstić information content (AvgIpc) is 3.44. The lowest BCUT2D eigenvalue weighted by Crippen LogP contribution is -2.56. The third-order valence-corrected chi connectivity index (χ3v) is 7.65. The van der Waals surface area contributed by atoms with Gasteiger partial charge in [0.05, 0.1) is 11.7 Å². The first kappa shape index (κ1) is 27.0. The summed E-state index contributed by atoms with van der Waals surface area (Å²) in [6, 6.07) is 4.45. The number of hydrogen-bond acceptors (Lipinski definition) is 5. The van der Waals surface area contributed by atoms with Crippen molar-refractivity contribution in [3.05, 3.63) is 51.7 Å². The second kappa shape index (κ2) is 10.2. The van der Waals surface area contributed by atoms with E-state index >= 15 is 0 Å². The summed E-state index contributed by atoms with van der Waals surface area (Å²) < 4.78 is 13.2. The number of thiazole rings is 1. The highest BCUT2D eigenvalue weighted by atomic mass is 32.1. The third-order valence-electron chi connectivity index (χ3n) is 6.79. The Labute approximate surface area is 211 Å². The van der Waals surface area contributed by atoms with Gasteiger partial charge in [0.15, 0.2) is 5.01 Å². The molecule has 1 aliphatic heterocycles. The molecule has 3 atom stereocenters. The van der Waals surface area contributed by atoms with Crippen molar-refractivity contribution in [2.75, 3.05) is 6.54 Å². The number of carbonyl (C=O) groups excluding carboxylic acids is 3. The van der Waals surface area contributed by atoms with E-state index in [1.807, 2.05) is 53.8 Å². The first-order valence-electron chi connectivity index (χ1n) is 12.1. The molecule has 1 saturated heterocycles. The van der Waals surface area contributed by atoms with Crippen molar-refractivity contribution in [1.82, 2.24) is 15.2 Å². The van der Waals surface area contributed by atoms with Crippen molar-refractivity contribution < 1.29 is 18.8 Å². The van der Waals surface area contributed by atoms with Crippen molar-refractivity contribution in [2.24, 2.45) is 16.7 Å². The molecule has 0 unspecified atom stereocenters. The zero-order valence-corrected chi connectivity index (χ0v) is 22.5. The molecule has 1 fully saturated rings. The van der Waals surface area contributed by atoms with Crippen molar-refractivity contribution in [1.29, 1.82) is 0 Å². The van der Waals surface area contributed by atoms with Gasteiger partial charge in [0.1, 0.15) is 11.9 Å². The highest BCUT2D eigenvalue weighted by molar-refractivity contribution is 7.12. The predicted molar refractivity (Wildman–Crippen MR) is 136 cm³/mol. The second-order valence-electron chi connectivity index (χ2n) is 11.5. The number of halogens is 1. The van der Waals surface area contributed by atoms with Crippen molar-refractivity contribution >= 4 is 28.9 Å². The Morgan fingerprint density at radius 3 is 2.29 bits per heavy atom. The van der Waals surface area contributed by atoms with Crippen LogP contribution in [0.2, 0.25) is 0 Å². The Balaban J connectivity index is 1.81. The van der Waals surface area contributed by atoms with Crippen molar-refractivity contribution in [3.63, 3.8) is 0 Å². The van der Waals surface area contributed by atoms with E-state index in [1.165, 1.54) is 35.6 Å². The average molecular weight is 502 g/mol. The lowest BCUT2D eigenvalue weighted by molar-refractivity contribution is -0.142.